The van der Waals surface area contributed by atoms with E-state index in [1.807, 2.05) is 30.3 Å². The Balaban J connectivity index is 1.60. The van der Waals surface area contributed by atoms with Crippen molar-refractivity contribution in [1.29, 1.82) is 0 Å². The predicted molar refractivity (Wildman–Crippen MR) is 124 cm³/mol. The molecule has 0 aromatic heterocycles. The van der Waals surface area contributed by atoms with Crippen LogP contribution in [0.1, 0.15) is 31.7 Å². The highest BCUT2D eigenvalue weighted by molar-refractivity contribution is 6.35. The number of ether oxygens (including phenoxy) is 2. The summed E-state index contributed by atoms with van der Waals surface area (Å²) in [6.45, 7) is 3.01. The number of carbonyl (C=O) groups excluding carboxylic acids is 2. The second kappa shape index (κ2) is 9.79. The van der Waals surface area contributed by atoms with Gasteiger partial charge in [-0.1, -0.05) is 53.5 Å². The van der Waals surface area contributed by atoms with Crippen LogP contribution in [0.15, 0.2) is 48.5 Å². The first-order valence-electron chi connectivity index (χ1n) is 10.8. The molecule has 4 rings (SSSR count). The van der Waals surface area contributed by atoms with Crippen molar-refractivity contribution in [3.05, 3.63) is 64.1 Å². The van der Waals surface area contributed by atoms with E-state index in [2.05, 4.69) is 0 Å². The lowest BCUT2D eigenvalue weighted by Crippen LogP contribution is -2.50. The van der Waals surface area contributed by atoms with Crippen molar-refractivity contribution in [2.75, 3.05) is 24.7 Å². The average molecular weight is 477 g/mol. The number of amides is 3. The van der Waals surface area contributed by atoms with Gasteiger partial charge < -0.3 is 14.4 Å². The van der Waals surface area contributed by atoms with Crippen LogP contribution in [0.5, 0.6) is 0 Å². The monoisotopic (exact) mass is 476 g/mol. The Morgan fingerprint density at radius 3 is 2.47 bits per heavy atom. The first-order valence-corrected chi connectivity index (χ1v) is 11.5. The molecule has 0 bridgehead atoms. The highest BCUT2D eigenvalue weighted by atomic mass is 35.5. The molecule has 0 N–H and O–H groups in total. The Morgan fingerprint density at radius 2 is 1.81 bits per heavy atom. The van der Waals surface area contributed by atoms with Crippen LogP contribution in [-0.2, 0) is 20.7 Å². The summed E-state index contributed by atoms with van der Waals surface area (Å²) < 4.78 is 11.5. The van der Waals surface area contributed by atoms with E-state index >= 15 is 0 Å². The molecule has 2 heterocycles. The number of hydrogen-bond acceptors (Lipinski definition) is 4. The minimum atomic E-state index is -1.08. The number of benzene rings is 2. The third-order valence-electron chi connectivity index (χ3n) is 5.93. The van der Waals surface area contributed by atoms with E-state index in [0.29, 0.717) is 28.8 Å². The molecule has 2 aromatic rings. The van der Waals surface area contributed by atoms with Crippen molar-refractivity contribution < 1.29 is 19.1 Å². The number of carbonyl (C=O) groups is 2. The van der Waals surface area contributed by atoms with Gasteiger partial charge in [-0.25, -0.2) is 9.69 Å². The van der Waals surface area contributed by atoms with Crippen molar-refractivity contribution >= 4 is 40.8 Å². The van der Waals surface area contributed by atoms with Gasteiger partial charge in [0.05, 0.1) is 12.3 Å². The van der Waals surface area contributed by atoms with E-state index in [0.717, 1.165) is 29.7 Å². The summed E-state index contributed by atoms with van der Waals surface area (Å²) in [5, 5.41) is 0.711. The standard InChI is InChI=1S/C24H26Cl2N2O4/c1-24(16-17-7-3-2-4-8-17)22(29)28(20-14-18(25)13-19(26)15-20)23(30)27(24)10-12-32-21-9-5-6-11-31-21/h2-4,7-8,13-15,21H,5-6,9-12,16H2,1H3. The van der Waals surface area contributed by atoms with Crippen LogP contribution in [0.25, 0.3) is 0 Å². The Morgan fingerprint density at radius 1 is 1.09 bits per heavy atom. The summed E-state index contributed by atoms with van der Waals surface area (Å²) in [6.07, 6.45) is 3.04. The zero-order chi connectivity index (χ0) is 22.7. The Kier molecular flexibility index (Phi) is 7.05. The summed E-state index contributed by atoms with van der Waals surface area (Å²) in [7, 11) is 0. The Bertz CT molecular complexity index is 961. The second-order valence-electron chi connectivity index (χ2n) is 8.31. The van der Waals surface area contributed by atoms with Crippen LogP contribution in [0.4, 0.5) is 10.5 Å². The van der Waals surface area contributed by atoms with Gasteiger partial charge in [0.15, 0.2) is 6.29 Å². The maximum absolute atomic E-state index is 13.7. The van der Waals surface area contributed by atoms with Gasteiger partial charge in [-0.3, -0.25) is 4.79 Å². The highest BCUT2D eigenvalue weighted by Crippen LogP contribution is 2.36. The van der Waals surface area contributed by atoms with E-state index in [1.165, 1.54) is 0 Å². The molecular formula is C24H26Cl2N2O4. The summed E-state index contributed by atoms with van der Waals surface area (Å²) in [5.74, 6) is -0.321. The molecule has 2 unspecified atom stereocenters. The zero-order valence-corrected chi connectivity index (χ0v) is 19.4. The normalized spacial score (nSPS) is 23.8. The van der Waals surface area contributed by atoms with Gasteiger partial charge in [-0.2, -0.15) is 0 Å². The smallest absolute Gasteiger partial charge is 0.332 e. The Labute approximate surface area is 198 Å². The van der Waals surface area contributed by atoms with E-state index < -0.39 is 11.6 Å². The van der Waals surface area contributed by atoms with Gasteiger partial charge in [0.1, 0.15) is 5.54 Å². The lowest BCUT2D eigenvalue weighted by molar-refractivity contribution is -0.164. The molecule has 0 spiro atoms. The number of nitrogens with zero attached hydrogens (tertiary/aromatic N) is 2. The molecule has 0 aliphatic carbocycles. The summed E-state index contributed by atoms with van der Waals surface area (Å²) >= 11 is 12.3. The molecule has 0 radical (unpaired) electrons. The van der Waals surface area contributed by atoms with Crippen molar-refractivity contribution in [2.24, 2.45) is 0 Å². The van der Waals surface area contributed by atoms with Gasteiger partial charge >= 0.3 is 6.03 Å². The molecular weight excluding hydrogens is 451 g/mol. The van der Waals surface area contributed by atoms with E-state index in [-0.39, 0.29) is 25.3 Å². The molecule has 8 heteroatoms. The van der Waals surface area contributed by atoms with Gasteiger partial charge in [-0.05, 0) is 49.9 Å². The van der Waals surface area contributed by atoms with Gasteiger partial charge in [0, 0.05) is 29.6 Å². The fourth-order valence-corrected chi connectivity index (χ4v) is 4.81. The topological polar surface area (TPSA) is 59.1 Å². The third-order valence-corrected chi connectivity index (χ3v) is 6.37. The second-order valence-corrected chi connectivity index (χ2v) is 9.18. The fraction of sp³-hybridized carbons (Fsp3) is 0.417. The quantitative estimate of drug-likeness (QED) is 0.508. The summed E-state index contributed by atoms with van der Waals surface area (Å²) in [6, 6.07) is 14.0. The fourth-order valence-electron chi connectivity index (χ4n) is 4.30. The number of rotatable bonds is 7. The van der Waals surface area contributed by atoms with Crippen LogP contribution < -0.4 is 4.90 Å². The molecule has 2 fully saturated rings. The first-order chi connectivity index (χ1) is 15.4. The molecule has 2 saturated heterocycles. The lowest BCUT2D eigenvalue weighted by Gasteiger charge is -2.32. The largest absolute Gasteiger partial charge is 0.353 e. The van der Waals surface area contributed by atoms with E-state index in [9.17, 15) is 9.59 Å². The van der Waals surface area contributed by atoms with Crippen LogP contribution in [0.2, 0.25) is 10.0 Å². The molecule has 2 atom stereocenters. The van der Waals surface area contributed by atoms with Crippen LogP contribution in [0.3, 0.4) is 0 Å². The summed E-state index contributed by atoms with van der Waals surface area (Å²) in [4.78, 5) is 29.9. The Hall–Kier alpha value is -2.12. The van der Waals surface area contributed by atoms with Crippen molar-refractivity contribution in [3.63, 3.8) is 0 Å². The van der Waals surface area contributed by atoms with Crippen molar-refractivity contribution in [3.8, 4) is 0 Å². The highest BCUT2D eigenvalue weighted by Gasteiger charge is 2.54. The van der Waals surface area contributed by atoms with Crippen LogP contribution in [0, 0.1) is 0 Å². The lowest BCUT2D eigenvalue weighted by atomic mass is 9.91. The van der Waals surface area contributed by atoms with Crippen molar-refractivity contribution in [2.45, 2.75) is 44.4 Å². The van der Waals surface area contributed by atoms with E-state index in [1.54, 1.807) is 30.0 Å². The number of anilines is 1. The molecule has 6 nitrogen and oxygen atoms in total. The predicted octanol–water partition coefficient (Wildman–Crippen LogP) is 5.31. The number of hydrogen-bond donors (Lipinski definition) is 0. The molecule has 2 aromatic carbocycles. The number of urea groups is 1. The zero-order valence-electron chi connectivity index (χ0n) is 17.9. The van der Waals surface area contributed by atoms with Gasteiger partial charge in [0.25, 0.3) is 5.91 Å². The third kappa shape index (κ3) is 4.79. The molecule has 32 heavy (non-hydrogen) atoms. The molecule has 170 valence electrons. The number of imide groups is 1. The van der Waals surface area contributed by atoms with E-state index in [4.69, 9.17) is 32.7 Å². The maximum Gasteiger partial charge on any atom is 0.332 e. The number of halogens is 2. The van der Waals surface area contributed by atoms with Gasteiger partial charge in [0.2, 0.25) is 0 Å². The maximum atomic E-state index is 13.7. The average Bonchev–Trinajstić information content (AvgIpc) is 2.94. The molecule has 2 aliphatic heterocycles. The molecule has 2 aliphatic rings. The van der Waals surface area contributed by atoms with Crippen LogP contribution >= 0.6 is 23.2 Å². The minimum absolute atomic E-state index is 0.262. The van der Waals surface area contributed by atoms with Crippen molar-refractivity contribution in [1.82, 2.24) is 4.90 Å². The minimum Gasteiger partial charge on any atom is -0.353 e. The van der Waals surface area contributed by atoms with Crippen LogP contribution in [-0.4, -0.2) is 48.4 Å². The van der Waals surface area contributed by atoms with Gasteiger partial charge in [-0.15, -0.1) is 0 Å². The summed E-state index contributed by atoms with van der Waals surface area (Å²) in [5.41, 5.74) is 0.240. The SMILES string of the molecule is CC1(Cc2ccccc2)C(=O)N(c2cc(Cl)cc(Cl)c2)C(=O)N1CCOC1CCCCO1. The molecule has 0 saturated carbocycles. The first kappa shape index (κ1) is 23.1. The molecule has 3 amide bonds.